The van der Waals surface area contributed by atoms with Gasteiger partial charge in [-0.1, -0.05) is 0 Å². The number of rotatable bonds is 4. The number of hydrogen-bond donors (Lipinski definition) is 0. The number of ether oxygens (including phenoxy) is 1. The van der Waals surface area contributed by atoms with Crippen molar-refractivity contribution < 1.29 is 9.26 Å². The first-order valence-electron chi connectivity index (χ1n) is 4.41. The van der Waals surface area contributed by atoms with Gasteiger partial charge in [-0.3, -0.25) is 4.67 Å². The summed E-state index contributed by atoms with van der Waals surface area (Å²) >= 11 is 0. The van der Waals surface area contributed by atoms with Crippen molar-refractivity contribution in [3.05, 3.63) is 0 Å². The molecule has 0 spiro atoms. The fourth-order valence-electron chi connectivity index (χ4n) is 1.14. The van der Waals surface area contributed by atoms with Crippen LogP contribution in [0.3, 0.4) is 0 Å². The van der Waals surface area contributed by atoms with E-state index in [-0.39, 0.29) is 0 Å². The molecule has 1 aliphatic heterocycles. The van der Waals surface area contributed by atoms with Crippen LogP contribution < -0.4 is 0 Å². The first-order valence-corrected chi connectivity index (χ1v) is 6.07. The number of nitrogens with zero attached hydrogens (tertiary/aromatic N) is 2. The van der Waals surface area contributed by atoms with Crippen molar-refractivity contribution in [1.29, 1.82) is 5.26 Å². The summed E-state index contributed by atoms with van der Waals surface area (Å²) in [7, 11) is -0.508. The highest BCUT2D eigenvalue weighted by Crippen LogP contribution is 2.37. The van der Waals surface area contributed by atoms with E-state index in [2.05, 4.69) is 17.4 Å². The molecular weight excluding hydrogens is 187 g/mol. The molecule has 4 nitrogen and oxygen atoms in total. The Labute approximate surface area is 80.3 Å². The predicted octanol–water partition coefficient (Wildman–Crippen LogP) is 1.19. The fraction of sp³-hybridized carbons (Fsp3) is 0.875. The zero-order chi connectivity index (χ0) is 9.52. The van der Waals surface area contributed by atoms with Gasteiger partial charge in [0, 0.05) is 13.1 Å². The first-order chi connectivity index (χ1) is 6.34. The molecule has 13 heavy (non-hydrogen) atoms. The normalized spacial score (nSPS) is 20.9. The summed E-state index contributed by atoms with van der Waals surface area (Å²) in [5.74, 6) is 0. The molecule has 1 atom stereocenters. The summed E-state index contributed by atoms with van der Waals surface area (Å²) in [4.78, 5) is 0. The Bertz CT molecular complexity index is 177. The van der Waals surface area contributed by atoms with Gasteiger partial charge >= 0.3 is 0 Å². The zero-order valence-corrected chi connectivity index (χ0v) is 8.80. The average molecular weight is 202 g/mol. The quantitative estimate of drug-likeness (QED) is 0.507. The minimum absolute atomic E-state index is 0.483. The highest BCUT2D eigenvalue weighted by molar-refractivity contribution is 7.49. The third kappa shape index (κ3) is 4.02. The summed E-state index contributed by atoms with van der Waals surface area (Å²) < 4.78 is 13.1. The average Bonchev–Trinajstić information content (AvgIpc) is 2.19. The van der Waals surface area contributed by atoms with E-state index < -0.39 is 8.30 Å². The first kappa shape index (κ1) is 10.9. The van der Waals surface area contributed by atoms with Crippen molar-refractivity contribution in [3.63, 3.8) is 0 Å². The van der Waals surface area contributed by atoms with Crippen molar-refractivity contribution in [2.75, 3.05) is 39.6 Å². The molecule has 0 aromatic carbocycles. The second-order valence-corrected chi connectivity index (χ2v) is 4.52. The molecule has 1 rings (SSSR count). The largest absolute Gasteiger partial charge is 0.379 e. The van der Waals surface area contributed by atoms with Crippen LogP contribution in [-0.2, 0) is 9.26 Å². The van der Waals surface area contributed by atoms with Gasteiger partial charge in [0.05, 0.1) is 32.3 Å². The third-order valence-electron chi connectivity index (χ3n) is 1.88. The fourth-order valence-corrected chi connectivity index (χ4v) is 2.39. The summed E-state index contributed by atoms with van der Waals surface area (Å²) in [6.07, 6.45) is 0.483. The van der Waals surface area contributed by atoms with E-state index in [1.54, 1.807) is 0 Å². The van der Waals surface area contributed by atoms with Gasteiger partial charge in [0.1, 0.15) is 8.30 Å². The predicted molar refractivity (Wildman–Crippen MR) is 51.4 cm³/mol. The summed E-state index contributed by atoms with van der Waals surface area (Å²) in [6.45, 7) is 6.14. The topological polar surface area (TPSA) is 45.5 Å². The van der Waals surface area contributed by atoms with Crippen LogP contribution in [0.25, 0.3) is 0 Å². The van der Waals surface area contributed by atoms with Gasteiger partial charge in [0.15, 0.2) is 0 Å². The molecule has 0 aromatic heterocycles. The molecule has 0 radical (unpaired) electrons. The maximum Gasteiger partial charge on any atom is 0.101 e. The maximum atomic E-state index is 8.33. The number of morpholine rings is 1. The van der Waals surface area contributed by atoms with Crippen LogP contribution >= 0.6 is 8.30 Å². The summed E-state index contributed by atoms with van der Waals surface area (Å²) in [5.41, 5.74) is 0. The Morgan fingerprint density at radius 1 is 1.54 bits per heavy atom. The highest BCUT2D eigenvalue weighted by atomic mass is 31.2. The van der Waals surface area contributed by atoms with E-state index in [0.717, 1.165) is 26.3 Å². The molecule has 1 aliphatic rings. The molecule has 0 aliphatic carbocycles. The van der Waals surface area contributed by atoms with E-state index in [0.29, 0.717) is 13.0 Å². The lowest BCUT2D eigenvalue weighted by Gasteiger charge is -2.31. The Morgan fingerprint density at radius 2 is 2.23 bits per heavy atom. The molecular formula is C8H15N2O2P. The number of nitriles is 1. The molecule has 0 bridgehead atoms. The second-order valence-electron chi connectivity index (χ2n) is 2.77. The van der Waals surface area contributed by atoms with E-state index in [1.165, 1.54) is 0 Å². The third-order valence-corrected chi connectivity index (χ3v) is 3.63. The van der Waals surface area contributed by atoms with Crippen LogP contribution in [0.1, 0.15) is 6.42 Å². The Morgan fingerprint density at radius 3 is 2.85 bits per heavy atom. The van der Waals surface area contributed by atoms with Crippen LogP contribution in [-0.4, -0.2) is 44.2 Å². The molecule has 0 amide bonds. The monoisotopic (exact) mass is 202 g/mol. The van der Waals surface area contributed by atoms with Crippen molar-refractivity contribution >= 4 is 8.30 Å². The Hall–Kier alpha value is -0.200. The molecule has 1 heterocycles. The molecule has 0 saturated carbocycles. The Balaban J connectivity index is 2.14. The lowest BCUT2D eigenvalue weighted by atomic mass is 10.5. The highest BCUT2D eigenvalue weighted by Gasteiger charge is 2.17. The van der Waals surface area contributed by atoms with Crippen LogP contribution in [0.5, 0.6) is 0 Å². The van der Waals surface area contributed by atoms with Crippen molar-refractivity contribution in [2.24, 2.45) is 0 Å². The Kier molecular flexibility index (Phi) is 5.26. The lowest BCUT2D eigenvalue weighted by molar-refractivity contribution is 0.0701. The second kappa shape index (κ2) is 6.28. The molecule has 1 unspecified atom stereocenters. The molecule has 1 saturated heterocycles. The van der Waals surface area contributed by atoms with E-state index in [4.69, 9.17) is 14.5 Å². The van der Waals surface area contributed by atoms with Gasteiger partial charge in [-0.15, -0.1) is 0 Å². The van der Waals surface area contributed by atoms with E-state index >= 15 is 0 Å². The lowest BCUT2D eigenvalue weighted by Crippen LogP contribution is -2.32. The van der Waals surface area contributed by atoms with Gasteiger partial charge in [-0.2, -0.15) is 5.26 Å². The SMILES string of the molecule is CP(OCCC#N)N1CCOCC1. The van der Waals surface area contributed by atoms with Crippen molar-refractivity contribution in [1.82, 2.24) is 4.67 Å². The van der Waals surface area contributed by atoms with Crippen LogP contribution in [0.2, 0.25) is 0 Å². The van der Waals surface area contributed by atoms with Crippen LogP contribution in [0.4, 0.5) is 0 Å². The zero-order valence-electron chi connectivity index (χ0n) is 7.90. The molecule has 74 valence electrons. The molecule has 5 heteroatoms. The van der Waals surface area contributed by atoms with Gasteiger partial charge < -0.3 is 9.26 Å². The van der Waals surface area contributed by atoms with Gasteiger partial charge in [0.2, 0.25) is 0 Å². The smallest absolute Gasteiger partial charge is 0.101 e. The van der Waals surface area contributed by atoms with E-state index in [9.17, 15) is 0 Å². The number of hydrogen-bond acceptors (Lipinski definition) is 4. The van der Waals surface area contributed by atoms with Gasteiger partial charge in [0.25, 0.3) is 0 Å². The molecule has 1 fully saturated rings. The summed E-state index contributed by atoms with van der Waals surface area (Å²) in [6, 6.07) is 2.07. The van der Waals surface area contributed by atoms with Crippen LogP contribution in [0.15, 0.2) is 0 Å². The molecule has 0 aromatic rings. The maximum absolute atomic E-state index is 8.33. The minimum Gasteiger partial charge on any atom is -0.379 e. The van der Waals surface area contributed by atoms with Crippen molar-refractivity contribution in [2.45, 2.75) is 6.42 Å². The van der Waals surface area contributed by atoms with Gasteiger partial charge in [-0.25, -0.2) is 0 Å². The standard InChI is InChI=1S/C8H15N2O2P/c1-13(12-6-2-3-9)10-4-7-11-8-5-10/h2,4-8H2,1H3. The van der Waals surface area contributed by atoms with Crippen molar-refractivity contribution in [3.8, 4) is 6.07 Å². The minimum atomic E-state index is -0.508. The van der Waals surface area contributed by atoms with Crippen LogP contribution in [0, 0.1) is 11.3 Å². The summed E-state index contributed by atoms with van der Waals surface area (Å²) in [5, 5.41) is 8.33. The van der Waals surface area contributed by atoms with E-state index in [1.807, 2.05) is 0 Å². The molecule has 0 N–H and O–H groups in total. The van der Waals surface area contributed by atoms with Gasteiger partial charge in [-0.05, 0) is 6.66 Å².